The highest BCUT2D eigenvalue weighted by Gasteiger charge is 2.20. The number of carbonyl (C=O) groups is 2. The summed E-state index contributed by atoms with van der Waals surface area (Å²) >= 11 is 0. The molecule has 2 N–H and O–H groups in total. The normalized spacial score (nSPS) is 12.6. The number of nitrogens with zero attached hydrogens (tertiary/aromatic N) is 2. The Bertz CT molecular complexity index is 811. The summed E-state index contributed by atoms with van der Waals surface area (Å²) in [5.41, 5.74) is 8.67. The second-order valence-electron chi connectivity index (χ2n) is 7.36. The van der Waals surface area contributed by atoms with Crippen molar-refractivity contribution in [3.05, 3.63) is 35.5 Å². The lowest BCUT2D eigenvalue weighted by Crippen LogP contribution is -2.37. The van der Waals surface area contributed by atoms with E-state index >= 15 is 0 Å². The molecule has 0 aliphatic carbocycles. The average Bonchev–Trinajstić information content (AvgIpc) is 2.96. The Morgan fingerprint density at radius 2 is 1.93 bits per heavy atom. The number of hydrogen-bond acceptors (Lipinski definition) is 6. The lowest BCUT2D eigenvalue weighted by atomic mass is 10.1. The van der Waals surface area contributed by atoms with Gasteiger partial charge in [-0.3, -0.25) is 9.36 Å². The fraction of sp³-hybridized carbons (Fsp3) is 0.500. The van der Waals surface area contributed by atoms with E-state index in [-0.39, 0.29) is 5.92 Å². The molecule has 7 heteroatoms. The summed E-state index contributed by atoms with van der Waals surface area (Å²) < 4.78 is 11.5. The molecule has 1 atom stereocenters. The van der Waals surface area contributed by atoms with Crippen LogP contribution >= 0.6 is 0 Å². The van der Waals surface area contributed by atoms with Crippen LogP contribution < -0.4 is 5.73 Å². The molecular weight excluding hydrogens is 346 g/mol. The molecular formula is C20H29N3O4. The highest BCUT2D eigenvalue weighted by molar-refractivity contribution is 5.92. The van der Waals surface area contributed by atoms with Gasteiger partial charge in [0.25, 0.3) is 0 Å². The number of esters is 1. The molecule has 148 valence electrons. The predicted octanol–water partition coefficient (Wildman–Crippen LogP) is 2.52. The summed E-state index contributed by atoms with van der Waals surface area (Å²) in [6.07, 6.45) is 2.01. The minimum absolute atomic E-state index is 0.0518. The van der Waals surface area contributed by atoms with Gasteiger partial charge in [0.1, 0.15) is 6.04 Å². The molecule has 1 unspecified atom stereocenters. The van der Waals surface area contributed by atoms with Gasteiger partial charge >= 0.3 is 12.1 Å². The van der Waals surface area contributed by atoms with Crippen LogP contribution in [0.4, 0.5) is 4.79 Å². The van der Waals surface area contributed by atoms with Gasteiger partial charge in [-0.1, -0.05) is 25.5 Å². The zero-order valence-corrected chi connectivity index (χ0v) is 16.7. The molecule has 0 aliphatic rings. The molecule has 0 amide bonds. The number of hydrogen-bond donors (Lipinski definition) is 1. The lowest BCUT2D eigenvalue weighted by molar-refractivity contribution is -0.154. The van der Waals surface area contributed by atoms with Gasteiger partial charge in [-0.2, -0.15) is 0 Å². The Kier molecular flexibility index (Phi) is 6.98. The van der Waals surface area contributed by atoms with E-state index in [2.05, 4.69) is 11.0 Å². The minimum atomic E-state index is -0.739. The number of aryl methyl sites for hydroxylation is 1. The Hall–Kier alpha value is -2.38. The van der Waals surface area contributed by atoms with Crippen molar-refractivity contribution < 1.29 is 19.1 Å². The van der Waals surface area contributed by atoms with Crippen LogP contribution in [-0.2, 0) is 20.7 Å². The molecule has 0 bridgehead atoms. The second-order valence-corrected chi connectivity index (χ2v) is 7.36. The number of aromatic nitrogens is 1. The van der Waals surface area contributed by atoms with Crippen molar-refractivity contribution in [1.82, 2.24) is 9.47 Å². The van der Waals surface area contributed by atoms with Crippen LogP contribution in [0.5, 0.6) is 0 Å². The summed E-state index contributed by atoms with van der Waals surface area (Å²) in [6, 6.07) is 5.16. The third-order valence-electron chi connectivity index (χ3n) is 4.44. The van der Waals surface area contributed by atoms with E-state index in [0.29, 0.717) is 0 Å². The number of benzene rings is 1. The van der Waals surface area contributed by atoms with Crippen molar-refractivity contribution in [1.29, 1.82) is 0 Å². The number of likely N-dealkylation sites (N-methyl/N-ethyl adjacent to an activating group) is 1. The summed E-state index contributed by atoms with van der Waals surface area (Å²) in [7, 11) is 4.02. The Balaban J connectivity index is 2.12. The van der Waals surface area contributed by atoms with Crippen molar-refractivity contribution in [2.75, 3.05) is 27.4 Å². The standard InChI is InChI=1S/C20H29N3O4/c1-13(2)18(21)19(24)26-12-27-20(25)23-11-15(8-9-22(4)5)16-10-14(3)6-7-17(16)23/h6-7,10-11,13,18H,8-9,12,21H2,1-5H3. The number of fused-ring (bicyclic) bond motifs is 1. The van der Waals surface area contributed by atoms with Gasteiger partial charge in [0.15, 0.2) is 0 Å². The second kappa shape index (κ2) is 9.01. The third kappa shape index (κ3) is 5.30. The molecule has 0 saturated carbocycles. The van der Waals surface area contributed by atoms with Crippen molar-refractivity contribution in [2.24, 2.45) is 11.7 Å². The molecule has 1 heterocycles. The maximum Gasteiger partial charge on any atom is 0.421 e. The summed E-state index contributed by atoms with van der Waals surface area (Å²) in [6.45, 7) is 6.06. The van der Waals surface area contributed by atoms with Gasteiger partial charge in [-0.25, -0.2) is 4.79 Å². The van der Waals surface area contributed by atoms with E-state index in [0.717, 1.165) is 35.0 Å². The minimum Gasteiger partial charge on any atom is -0.427 e. The number of nitrogens with two attached hydrogens (primary N) is 1. The van der Waals surface area contributed by atoms with Crippen LogP contribution in [0.2, 0.25) is 0 Å². The first-order chi connectivity index (χ1) is 12.7. The molecule has 2 aromatic rings. The van der Waals surface area contributed by atoms with Crippen molar-refractivity contribution in [3.63, 3.8) is 0 Å². The van der Waals surface area contributed by atoms with Crippen LogP contribution in [0, 0.1) is 12.8 Å². The smallest absolute Gasteiger partial charge is 0.421 e. The molecule has 0 spiro atoms. The molecule has 1 aromatic heterocycles. The van der Waals surface area contributed by atoms with E-state index in [1.54, 1.807) is 6.20 Å². The van der Waals surface area contributed by atoms with E-state index < -0.39 is 24.9 Å². The van der Waals surface area contributed by atoms with Crippen LogP contribution in [0.1, 0.15) is 25.0 Å². The van der Waals surface area contributed by atoms with Gasteiger partial charge in [-0.15, -0.1) is 0 Å². The van der Waals surface area contributed by atoms with Gasteiger partial charge in [0.2, 0.25) is 6.79 Å². The highest BCUT2D eigenvalue weighted by Crippen LogP contribution is 2.24. The highest BCUT2D eigenvalue weighted by atomic mass is 16.7. The average molecular weight is 375 g/mol. The number of ether oxygens (including phenoxy) is 2. The predicted molar refractivity (Wildman–Crippen MR) is 105 cm³/mol. The largest absolute Gasteiger partial charge is 0.427 e. The van der Waals surface area contributed by atoms with Crippen LogP contribution in [0.15, 0.2) is 24.4 Å². The SMILES string of the molecule is Cc1ccc2c(c1)c(CCN(C)C)cn2C(=O)OCOC(=O)C(N)C(C)C. The van der Waals surface area contributed by atoms with Gasteiger partial charge in [0, 0.05) is 18.1 Å². The number of carbonyl (C=O) groups excluding carboxylic acids is 2. The zero-order chi connectivity index (χ0) is 20.1. The van der Waals surface area contributed by atoms with E-state index in [9.17, 15) is 9.59 Å². The van der Waals surface area contributed by atoms with E-state index in [4.69, 9.17) is 15.2 Å². The molecule has 0 fully saturated rings. The van der Waals surface area contributed by atoms with Gasteiger partial charge < -0.3 is 20.1 Å². The first kappa shape index (κ1) is 20.9. The molecule has 0 aliphatic heterocycles. The fourth-order valence-electron chi connectivity index (χ4n) is 2.68. The molecule has 27 heavy (non-hydrogen) atoms. The maximum absolute atomic E-state index is 12.5. The van der Waals surface area contributed by atoms with E-state index in [1.807, 2.05) is 47.0 Å². The van der Waals surface area contributed by atoms with E-state index in [1.165, 1.54) is 4.57 Å². The van der Waals surface area contributed by atoms with Crippen LogP contribution in [-0.4, -0.2) is 55.0 Å². The summed E-state index contributed by atoms with van der Waals surface area (Å²) in [4.78, 5) is 26.3. The zero-order valence-electron chi connectivity index (χ0n) is 16.7. The fourth-order valence-corrected chi connectivity index (χ4v) is 2.68. The lowest BCUT2D eigenvalue weighted by Gasteiger charge is -2.14. The van der Waals surface area contributed by atoms with Gasteiger partial charge in [0.05, 0.1) is 5.52 Å². The first-order valence-electron chi connectivity index (χ1n) is 9.05. The molecule has 0 saturated heterocycles. The van der Waals surface area contributed by atoms with Crippen molar-refractivity contribution in [3.8, 4) is 0 Å². The maximum atomic E-state index is 12.5. The van der Waals surface area contributed by atoms with Gasteiger partial charge in [-0.05, 0) is 51.1 Å². The topological polar surface area (TPSA) is 86.8 Å². The van der Waals surface area contributed by atoms with Crippen LogP contribution in [0.3, 0.4) is 0 Å². The molecule has 0 radical (unpaired) electrons. The Morgan fingerprint density at radius 1 is 1.22 bits per heavy atom. The number of rotatable bonds is 7. The monoisotopic (exact) mass is 375 g/mol. The molecule has 1 aromatic carbocycles. The summed E-state index contributed by atoms with van der Waals surface area (Å²) in [5, 5.41) is 1.02. The van der Waals surface area contributed by atoms with Crippen molar-refractivity contribution in [2.45, 2.75) is 33.2 Å². The van der Waals surface area contributed by atoms with Crippen LogP contribution in [0.25, 0.3) is 10.9 Å². The van der Waals surface area contributed by atoms with Crippen molar-refractivity contribution >= 4 is 23.0 Å². The molecule has 2 rings (SSSR count). The molecule has 7 nitrogen and oxygen atoms in total. The first-order valence-corrected chi connectivity index (χ1v) is 9.05. The quantitative estimate of drug-likeness (QED) is 0.591. The summed E-state index contributed by atoms with van der Waals surface area (Å²) in [5.74, 6) is -0.637. The Morgan fingerprint density at radius 3 is 2.56 bits per heavy atom. The third-order valence-corrected chi connectivity index (χ3v) is 4.44. The Labute approximate surface area is 160 Å².